The Kier molecular flexibility index (Phi) is 7.47. The smallest absolute Gasteiger partial charge is 0.161 e. The summed E-state index contributed by atoms with van der Waals surface area (Å²) in [6.45, 7) is 8.74. The number of nitrogens with one attached hydrogen (secondary N) is 1. The van der Waals surface area contributed by atoms with Gasteiger partial charge in [0.25, 0.3) is 0 Å². The van der Waals surface area contributed by atoms with Gasteiger partial charge in [0, 0.05) is 23.1 Å². The lowest BCUT2D eigenvalue weighted by Gasteiger charge is -2.29. The maximum Gasteiger partial charge on any atom is 0.161 e. The minimum atomic E-state index is 0.00422. The van der Waals surface area contributed by atoms with Crippen LogP contribution in [-0.4, -0.2) is 44.8 Å². The number of methoxy groups -OCH3 is 1. The number of rotatable bonds is 8. The Balaban J connectivity index is 1.89. The first-order chi connectivity index (χ1) is 13.6. The molecule has 1 N–H and O–H groups in total. The zero-order chi connectivity index (χ0) is 20.1. The number of halogens is 2. The van der Waals surface area contributed by atoms with Crippen molar-refractivity contribution in [3.05, 3.63) is 57.1 Å². The minimum Gasteiger partial charge on any atom is -0.493 e. The predicted molar refractivity (Wildman–Crippen MR) is 116 cm³/mol. The Morgan fingerprint density at radius 2 is 1.86 bits per heavy atom. The summed E-state index contributed by atoms with van der Waals surface area (Å²) >= 11 is 12.6. The van der Waals surface area contributed by atoms with Crippen molar-refractivity contribution >= 4 is 23.2 Å². The minimum absolute atomic E-state index is 0.00422. The van der Waals surface area contributed by atoms with E-state index in [2.05, 4.69) is 36.2 Å². The van der Waals surface area contributed by atoms with Crippen molar-refractivity contribution in [3.63, 3.8) is 0 Å². The third-order valence-corrected chi connectivity index (χ3v) is 5.87. The molecule has 0 saturated heterocycles. The molecule has 2 aromatic carbocycles. The first-order valence-corrected chi connectivity index (χ1v) is 10.6. The zero-order valence-corrected chi connectivity index (χ0v) is 18.2. The van der Waals surface area contributed by atoms with E-state index in [1.165, 1.54) is 11.1 Å². The monoisotopic (exact) mass is 422 g/mol. The maximum atomic E-state index is 6.49. The van der Waals surface area contributed by atoms with E-state index in [1.54, 1.807) is 13.2 Å². The van der Waals surface area contributed by atoms with Gasteiger partial charge in [0.1, 0.15) is 6.61 Å². The molecule has 1 atom stereocenters. The van der Waals surface area contributed by atoms with E-state index >= 15 is 0 Å². The molecule has 0 bridgehead atoms. The van der Waals surface area contributed by atoms with Gasteiger partial charge in [-0.2, -0.15) is 0 Å². The van der Waals surface area contributed by atoms with Gasteiger partial charge in [0.15, 0.2) is 11.5 Å². The molecule has 0 aromatic heterocycles. The number of benzene rings is 2. The van der Waals surface area contributed by atoms with Crippen LogP contribution >= 0.6 is 23.2 Å². The van der Waals surface area contributed by atoms with Crippen molar-refractivity contribution in [1.29, 1.82) is 0 Å². The molecule has 0 amide bonds. The van der Waals surface area contributed by atoms with Crippen molar-refractivity contribution < 1.29 is 9.47 Å². The quantitative estimate of drug-likeness (QED) is 0.651. The summed E-state index contributed by atoms with van der Waals surface area (Å²) in [6, 6.07) is 9.86. The number of likely N-dealkylation sites (N-methyl/N-ethyl adjacent to an activating group) is 1. The van der Waals surface area contributed by atoms with E-state index in [4.69, 9.17) is 32.7 Å². The van der Waals surface area contributed by atoms with E-state index in [9.17, 15) is 0 Å². The molecule has 4 nitrogen and oxygen atoms in total. The van der Waals surface area contributed by atoms with Gasteiger partial charge in [-0.05, 0) is 60.5 Å². The van der Waals surface area contributed by atoms with E-state index < -0.39 is 0 Å². The maximum absolute atomic E-state index is 6.49. The fourth-order valence-electron chi connectivity index (χ4n) is 3.67. The first kappa shape index (κ1) is 21.3. The van der Waals surface area contributed by atoms with Crippen LogP contribution < -0.4 is 14.8 Å². The van der Waals surface area contributed by atoms with Crippen molar-refractivity contribution in [2.45, 2.75) is 26.3 Å². The summed E-state index contributed by atoms with van der Waals surface area (Å²) in [5, 5.41) is 4.88. The number of hydrogen-bond acceptors (Lipinski definition) is 4. The van der Waals surface area contributed by atoms with Gasteiger partial charge in [-0.15, -0.1) is 0 Å². The average molecular weight is 423 g/mol. The molecule has 1 aliphatic heterocycles. The van der Waals surface area contributed by atoms with E-state index in [-0.39, 0.29) is 6.04 Å². The molecule has 0 saturated carbocycles. The molecule has 0 spiro atoms. The second kappa shape index (κ2) is 9.84. The lowest BCUT2D eigenvalue weighted by Crippen LogP contribution is -2.31. The fourth-order valence-corrected chi connectivity index (χ4v) is 4.19. The molecular weight excluding hydrogens is 395 g/mol. The van der Waals surface area contributed by atoms with Crippen molar-refractivity contribution in [2.75, 3.05) is 39.9 Å². The van der Waals surface area contributed by atoms with Crippen LogP contribution in [-0.2, 0) is 6.42 Å². The van der Waals surface area contributed by atoms with Crippen LogP contribution in [0.4, 0.5) is 0 Å². The van der Waals surface area contributed by atoms with E-state index in [0.29, 0.717) is 16.7 Å². The van der Waals surface area contributed by atoms with Gasteiger partial charge in [-0.25, -0.2) is 0 Å². The van der Waals surface area contributed by atoms with Crippen LogP contribution in [0.1, 0.15) is 36.6 Å². The van der Waals surface area contributed by atoms with Gasteiger partial charge in [-0.1, -0.05) is 43.1 Å². The highest BCUT2D eigenvalue weighted by Gasteiger charge is 2.25. The fraction of sp³-hybridized carbons (Fsp3) is 0.455. The molecular formula is C22H28Cl2N2O2. The third-order valence-electron chi connectivity index (χ3n) is 5.31. The summed E-state index contributed by atoms with van der Waals surface area (Å²) in [7, 11) is 1.69. The summed E-state index contributed by atoms with van der Waals surface area (Å²) in [4.78, 5) is 2.34. The van der Waals surface area contributed by atoms with Crippen LogP contribution in [0.25, 0.3) is 0 Å². The Morgan fingerprint density at radius 3 is 2.54 bits per heavy atom. The molecule has 2 aromatic rings. The van der Waals surface area contributed by atoms with Crippen LogP contribution in [0.5, 0.6) is 11.5 Å². The topological polar surface area (TPSA) is 33.7 Å². The van der Waals surface area contributed by atoms with Crippen LogP contribution in [0.3, 0.4) is 0 Å². The summed E-state index contributed by atoms with van der Waals surface area (Å²) < 4.78 is 11.7. The number of fused-ring (bicyclic) bond motifs is 1. The zero-order valence-electron chi connectivity index (χ0n) is 16.7. The molecule has 1 unspecified atom stereocenters. The molecule has 3 rings (SSSR count). The number of ether oxygens (including phenoxy) is 2. The molecule has 28 heavy (non-hydrogen) atoms. The lowest BCUT2D eigenvalue weighted by molar-refractivity contribution is 0.217. The third kappa shape index (κ3) is 4.74. The Morgan fingerprint density at radius 1 is 1.07 bits per heavy atom. The first-order valence-electron chi connectivity index (χ1n) is 9.81. The molecule has 152 valence electrons. The molecule has 1 aliphatic rings. The SMILES string of the molecule is CCN(CC)CCOc1cc2c(cc1OC)CCNC2c1ccc(Cl)cc1Cl. The Bertz CT molecular complexity index is 809. The highest BCUT2D eigenvalue weighted by molar-refractivity contribution is 6.35. The van der Waals surface area contributed by atoms with Crippen LogP contribution in [0.2, 0.25) is 10.0 Å². The Labute approximate surface area is 177 Å². The van der Waals surface area contributed by atoms with Gasteiger partial charge in [-0.3, -0.25) is 0 Å². The highest BCUT2D eigenvalue weighted by Crippen LogP contribution is 2.39. The van der Waals surface area contributed by atoms with Gasteiger partial charge < -0.3 is 19.7 Å². The average Bonchev–Trinajstić information content (AvgIpc) is 2.70. The predicted octanol–water partition coefficient (Wildman–Crippen LogP) is 4.96. The van der Waals surface area contributed by atoms with Crippen molar-refractivity contribution in [3.8, 4) is 11.5 Å². The molecule has 6 heteroatoms. The van der Waals surface area contributed by atoms with E-state index in [1.807, 2.05) is 12.1 Å². The standard InChI is InChI=1S/C22H28Cl2N2O2/c1-4-26(5-2)10-11-28-21-14-18-15(12-20(21)27-3)8-9-25-22(18)17-7-6-16(23)13-19(17)24/h6-7,12-14,22,25H,4-5,8-11H2,1-3H3. The van der Waals surface area contributed by atoms with Gasteiger partial charge in [0.2, 0.25) is 0 Å². The molecule has 1 heterocycles. The Hall–Kier alpha value is -1.46. The molecule has 0 aliphatic carbocycles. The largest absolute Gasteiger partial charge is 0.493 e. The summed E-state index contributed by atoms with van der Waals surface area (Å²) in [6.07, 6.45) is 0.938. The van der Waals surface area contributed by atoms with Crippen LogP contribution in [0, 0.1) is 0 Å². The normalized spacial score (nSPS) is 16.1. The number of nitrogens with zero attached hydrogens (tertiary/aromatic N) is 1. The van der Waals surface area contributed by atoms with Gasteiger partial charge >= 0.3 is 0 Å². The number of hydrogen-bond donors (Lipinski definition) is 1. The molecule has 0 fully saturated rings. The second-order valence-electron chi connectivity index (χ2n) is 6.88. The summed E-state index contributed by atoms with van der Waals surface area (Å²) in [5.41, 5.74) is 3.45. The lowest BCUT2D eigenvalue weighted by atomic mass is 9.89. The van der Waals surface area contributed by atoms with Crippen LogP contribution in [0.15, 0.2) is 30.3 Å². The second-order valence-corrected chi connectivity index (χ2v) is 7.72. The highest BCUT2D eigenvalue weighted by atomic mass is 35.5. The van der Waals surface area contributed by atoms with Gasteiger partial charge in [0.05, 0.1) is 13.2 Å². The van der Waals surface area contributed by atoms with Crippen molar-refractivity contribution in [2.24, 2.45) is 0 Å². The summed E-state index contributed by atoms with van der Waals surface area (Å²) in [5.74, 6) is 1.55. The van der Waals surface area contributed by atoms with Crippen molar-refractivity contribution in [1.82, 2.24) is 10.2 Å². The molecule has 0 radical (unpaired) electrons. The van der Waals surface area contributed by atoms with E-state index in [0.717, 1.165) is 49.7 Å².